The Morgan fingerprint density at radius 3 is 1.59 bits per heavy atom. The Kier molecular flexibility index (Phi) is 14.8. The van der Waals surface area contributed by atoms with E-state index in [9.17, 15) is 55.7 Å². The second kappa shape index (κ2) is 20.0. The van der Waals surface area contributed by atoms with Crippen LogP contribution in [0.5, 0.6) is 0 Å². The predicted octanol–water partition coefficient (Wildman–Crippen LogP) is 4.94. The third-order valence-electron chi connectivity index (χ3n) is 10.1. The number of nitrogens with zero attached hydrogens (tertiary/aromatic N) is 10. The van der Waals surface area contributed by atoms with Gasteiger partial charge in [0.1, 0.15) is 0 Å². The van der Waals surface area contributed by atoms with Gasteiger partial charge in [-0.3, -0.25) is 9.59 Å². The van der Waals surface area contributed by atoms with E-state index >= 15 is 0 Å². The molecule has 2 fully saturated rings. The SMILES string of the molecule is C#C[C@]1(O)CCN(C)C1=O.CCOC(=O)c1nn(-c2cccc(Br)c2)c2nc(C(F)(F)F)ncc12.CCOC(=O)c1nn(-c2cccc(C#C[C@]3(O)CCN(C)C3=O)c2)c2nc(C(F)(F)F)ncc12. The van der Waals surface area contributed by atoms with Gasteiger partial charge in [0.25, 0.3) is 11.8 Å². The average molecular weight is 1030 g/mol. The maximum absolute atomic E-state index is 13.2. The van der Waals surface area contributed by atoms with Crippen LogP contribution in [0, 0.1) is 24.2 Å². The van der Waals surface area contributed by atoms with Crippen molar-refractivity contribution >= 4 is 61.7 Å². The molecule has 4 aromatic heterocycles. The van der Waals surface area contributed by atoms with Gasteiger partial charge in [-0.25, -0.2) is 38.9 Å². The van der Waals surface area contributed by atoms with Crippen molar-refractivity contribution in [1.29, 1.82) is 0 Å². The molecular weight excluding hydrogens is 990 g/mol. The van der Waals surface area contributed by atoms with Crippen molar-refractivity contribution in [2.45, 2.75) is 50.2 Å². The van der Waals surface area contributed by atoms with Crippen molar-refractivity contribution in [3.8, 4) is 35.6 Å². The first-order chi connectivity index (χ1) is 32.4. The van der Waals surface area contributed by atoms with Crippen LogP contribution in [0.15, 0.2) is 65.4 Å². The molecule has 2 aliphatic heterocycles. The van der Waals surface area contributed by atoms with E-state index in [2.05, 4.69) is 63.8 Å². The molecule has 0 saturated carbocycles. The summed E-state index contributed by atoms with van der Waals surface area (Å²) in [5.74, 6) is 2.21. The number of ether oxygens (including phenoxy) is 2. The number of carbonyl (C=O) groups is 4. The van der Waals surface area contributed by atoms with Gasteiger partial charge in [0.2, 0.25) is 22.9 Å². The lowest BCUT2D eigenvalue weighted by atomic mass is 10.0. The molecule has 2 aliphatic rings. The third-order valence-corrected chi connectivity index (χ3v) is 10.6. The summed E-state index contributed by atoms with van der Waals surface area (Å²) in [7, 11) is 3.18. The van der Waals surface area contributed by atoms with Crippen LogP contribution in [0.1, 0.15) is 64.9 Å². The maximum atomic E-state index is 13.2. The Hall–Kier alpha value is -7.48. The number of benzene rings is 2. The smallest absolute Gasteiger partial charge is 0.451 e. The standard InChI is InChI=1S/C22H18F3N5O4.C15H10BrF3N4O2.C7H9NO2/c1-3-34-18(31)16-15-12-26-19(22(23,24)25)27-17(15)30(28-16)14-6-4-5-13(11-14)7-8-21(33)9-10-29(2)20(21)32;1-2-25-13(24)11-10-7-20-14(15(17,18)19)21-12(10)23(22-11)9-5-3-4-8(16)6-9;1-3-7(10)4-5-8(2)6(7)9/h4-6,11-12,33H,3,9-10H2,1-2H3;3-7H,2H2,1H3;1,10H,4-5H2,2H3/t21-;;7-/m0.0/s1. The molecule has 0 aliphatic carbocycles. The first-order valence-corrected chi connectivity index (χ1v) is 21.1. The number of fused-ring (bicyclic) bond motifs is 2. The highest BCUT2D eigenvalue weighted by Crippen LogP contribution is 2.31. The summed E-state index contributed by atoms with van der Waals surface area (Å²) in [6.45, 7) is 4.24. The zero-order valence-electron chi connectivity index (χ0n) is 36.6. The molecule has 2 aromatic carbocycles. The van der Waals surface area contributed by atoms with Gasteiger partial charge in [-0.15, -0.1) is 6.42 Å². The fourth-order valence-electron chi connectivity index (χ4n) is 6.59. The number of alkyl halides is 6. The lowest BCUT2D eigenvalue weighted by Crippen LogP contribution is -2.37. The molecule has 69 heavy (non-hydrogen) atoms. The lowest BCUT2D eigenvalue weighted by molar-refractivity contribution is -0.145. The normalized spacial score (nSPS) is 17.9. The lowest BCUT2D eigenvalue weighted by Gasteiger charge is -2.13. The van der Waals surface area contributed by atoms with Crippen molar-refractivity contribution in [2.75, 3.05) is 40.4 Å². The number of rotatable bonds is 6. The Morgan fingerprint density at radius 2 is 1.20 bits per heavy atom. The molecule has 0 unspecified atom stereocenters. The molecule has 0 spiro atoms. The van der Waals surface area contributed by atoms with Crippen molar-refractivity contribution in [1.82, 2.24) is 49.3 Å². The molecule has 2 amide bonds. The predicted molar refractivity (Wildman–Crippen MR) is 233 cm³/mol. The highest BCUT2D eigenvalue weighted by Gasteiger charge is 2.43. The Labute approximate surface area is 395 Å². The number of aromatic nitrogens is 8. The van der Waals surface area contributed by atoms with Crippen molar-refractivity contribution in [3.63, 3.8) is 0 Å². The summed E-state index contributed by atoms with van der Waals surface area (Å²) in [6.07, 6.45) is -2.25. The first kappa shape index (κ1) is 50.9. The molecule has 2 saturated heterocycles. The van der Waals surface area contributed by atoms with Crippen LogP contribution in [0.2, 0.25) is 0 Å². The molecule has 6 aromatic rings. The van der Waals surface area contributed by atoms with E-state index in [1.165, 1.54) is 21.9 Å². The minimum Gasteiger partial charge on any atom is -0.461 e. The number of esters is 2. The second-order valence-electron chi connectivity index (χ2n) is 14.9. The molecule has 2 N–H and O–H groups in total. The van der Waals surface area contributed by atoms with Crippen molar-refractivity contribution in [2.24, 2.45) is 0 Å². The zero-order chi connectivity index (χ0) is 50.6. The number of aliphatic hydroxyl groups is 2. The molecule has 8 rings (SSSR count). The van der Waals surface area contributed by atoms with E-state index < -0.39 is 53.0 Å². The summed E-state index contributed by atoms with van der Waals surface area (Å²) in [5, 5.41) is 28.1. The summed E-state index contributed by atoms with van der Waals surface area (Å²) in [6, 6.07) is 12.9. The van der Waals surface area contributed by atoms with E-state index in [0.29, 0.717) is 35.2 Å². The van der Waals surface area contributed by atoms with Gasteiger partial charge in [-0.05, 0) is 50.2 Å². The van der Waals surface area contributed by atoms with Gasteiger partial charge in [0, 0.05) is 62.5 Å². The van der Waals surface area contributed by atoms with Crippen molar-refractivity contribution in [3.05, 3.63) is 94.0 Å². The van der Waals surface area contributed by atoms with Crippen LogP contribution < -0.4 is 0 Å². The van der Waals surface area contributed by atoms with Crippen LogP contribution >= 0.6 is 15.9 Å². The van der Waals surface area contributed by atoms with Crippen LogP contribution in [0.3, 0.4) is 0 Å². The van der Waals surface area contributed by atoms with E-state index in [0.717, 1.165) is 21.8 Å². The molecule has 25 heteroatoms. The average Bonchev–Trinajstić information content (AvgIpc) is 4.04. The van der Waals surface area contributed by atoms with Crippen LogP contribution in [-0.2, 0) is 31.4 Å². The number of halogens is 7. The summed E-state index contributed by atoms with van der Waals surface area (Å²) in [5.41, 5.74) is -3.06. The van der Waals surface area contributed by atoms with Crippen LogP contribution in [-0.4, -0.2) is 135 Å². The summed E-state index contributed by atoms with van der Waals surface area (Å²) >= 11 is 3.28. The van der Waals surface area contributed by atoms with Crippen molar-refractivity contribution < 1.29 is 65.2 Å². The summed E-state index contributed by atoms with van der Waals surface area (Å²) < 4.78 is 91.3. The molecule has 18 nitrogen and oxygen atoms in total. The highest BCUT2D eigenvalue weighted by atomic mass is 79.9. The number of hydrogen-bond acceptors (Lipinski definition) is 14. The maximum Gasteiger partial charge on any atom is 0.451 e. The molecular formula is C44H37BrF6N10O8. The van der Waals surface area contributed by atoms with Crippen LogP contribution in [0.25, 0.3) is 33.4 Å². The quantitative estimate of drug-likeness (QED) is 0.128. The molecule has 0 bridgehead atoms. The number of hydrogen-bond donors (Lipinski definition) is 2. The molecule has 360 valence electrons. The minimum atomic E-state index is -4.81. The van der Waals surface area contributed by atoms with E-state index in [4.69, 9.17) is 15.9 Å². The molecule has 2 atom stereocenters. The second-order valence-corrected chi connectivity index (χ2v) is 15.8. The number of carbonyl (C=O) groups excluding carboxylic acids is 4. The van der Waals surface area contributed by atoms with Gasteiger partial charge in [-0.2, -0.15) is 36.5 Å². The van der Waals surface area contributed by atoms with E-state index in [1.807, 2.05) is 0 Å². The zero-order valence-corrected chi connectivity index (χ0v) is 38.1. The number of amides is 2. The Bertz CT molecular complexity index is 3090. The van der Waals surface area contributed by atoms with Crippen LogP contribution in [0.4, 0.5) is 26.3 Å². The Morgan fingerprint density at radius 1 is 0.754 bits per heavy atom. The fourth-order valence-corrected chi connectivity index (χ4v) is 6.98. The molecule has 0 radical (unpaired) electrons. The number of likely N-dealkylation sites (tertiary alicyclic amines) is 2. The van der Waals surface area contributed by atoms with Gasteiger partial charge in [0.15, 0.2) is 22.7 Å². The summed E-state index contributed by atoms with van der Waals surface area (Å²) in [4.78, 5) is 64.1. The van der Waals surface area contributed by atoms with Gasteiger partial charge >= 0.3 is 24.3 Å². The van der Waals surface area contributed by atoms with E-state index in [-0.39, 0.29) is 64.7 Å². The fraction of sp³-hybridized carbons (Fsp3) is 0.318. The number of likely N-dealkylation sites (N-methyl/N-ethyl adjacent to an activating group) is 2. The monoisotopic (exact) mass is 1030 g/mol. The van der Waals surface area contributed by atoms with Gasteiger partial charge in [-0.1, -0.05) is 45.8 Å². The third kappa shape index (κ3) is 11.0. The first-order valence-electron chi connectivity index (χ1n) is 20.3. The van der Waals surface area contributed by atoms with Gasteiger partial charge < -0.3 is 29.5 Å². The van der Waals surface area contributed by atoms with Gasteiger partial charge in [0.05, 0.1) is 35.4 Å². The largest absolute Gasteiger partial charge is 0.461 e. The minimum absolute atomic E-state index is 0.0168. The van der Waals surface area contributed by atoms with E-state index in [1.54, 1.807) is 64.3 Å². The molecule has 6 heterocycles. The highest BCUT2D eigenvalue weighted by molar-refractivity contribution is 9.10. The Balaban J connectivity index is 0.000000195. The number of terminal acetylenes is 1. The topological polar surface area (TPSA) is 221 Å².